The number of carbonyl (C=O) groups is 2. The van der Waals surface area contributed by atoms with E-state index < -0.39 is 0 Å². The lowest BCUT2D eigenvalue weighted by atomic mass is 9.79. The molecule has 0 aliphatic carbocycles. The van der Waals surface area contributed by atoms with E-state index in [0.29, 0.717) is 11.8 Å². The Balaban J connectivity index is 2.90. The molecule has 0 heterocycles. The van der Waals surface area contributed by atoms with E-state index in [-0.39, 0.29) is 10.8 Å². The largest absolute Gasteiger partial charge is 0.303 e. The van der Waals surface area contributed by atoms with Gasteiger partial charge in [0.2, 0.25) is 0 Å². The van der Waals surface area contributed by atoms with Gasteiger partial charge < -0.3 is 9.59 Å². The molecule has 2 heteroatoms. The number of aldehydes is 2. The van der Waals surface area contributed by atoms with Gasteiger partial charge in [-0.2, -0.15) is 0 Å². The maximum absolute atomic E-state index is 11.1. The second kappa shape index (κ2) is 7.21. The molecule has 2 atom stereocenters. The molecule has 0 spiro atoms. The summed E-state index contributed by atoms with van der Waals surface area (Å²) in [6.07, 6.45) is 3.77. The van der Waals surface area contributed by atoms with Crippen molar-refractivity contribution in [3.8, 4) is 0 Å². The fourth-order valence-electron chi connectivity index (χ4n) is 3.08. The normalized spacial score (nSPS) is 15.2. The Morgan fingerprint density at radius 1 is 0.864 bits per heavy atom. The average molecular weight is 302 g/mol. The minimum Gasteiger partial charge on any atom is -0.303 e. The lowest BCUT2D eigenvalue weighted by molar-refractivity contribution is -0.115. The van der Waals surface area contributed by atoms with E-state index in [1.54, 1.807) is 0 Å². The maximum Gasteiger partial charge on any atom is 0.125 e. The van der Waals surface area contributed by atoms with Crippen molar-refractivity contribution in [2.45, 2.75) is 66.2 Å². The molecule has 122 valence electrons. The molecule has 0 aliphatic rings. The highest BCUT2D eigenvalue weighted by Gasteiger charge is 2.23. The average Bonchev–Trinajstić information content (AvgIpc) is 2.46. The molecule has 2 unspecified atom stereocenters. The van der Waals surface area contributed by atoms with Crippen LogP contribution in [0.4, 0.5) is 0 Å². The summed E-state index contributed by atoms with van der Waals surface area (Å²) < 4.78 is 0. The van der Waals surface area contributed by atoms with E-state index in [2.05, 4.69) is 38.1 Å². The third-order valence-electron chi connectivity index (χ3n) is 4.35. The molecule has 22 heavy (non-hydrogen) atoms. The van der Waals surface area contributed by atoms with Gasteiger partial charge in [-0.3, -0.25) is 0 Å². The first-order valence-corrected chi connectivity index (χ1v) is 8.13. The Hall–Kier alpha value is -1.44. The molecule has 2 nitrogen and oxygen atoms in total. The maximum atomic E-state index is 11.1. The van der Waals surface area contributed by atoms with Gasteiger partial charge in [-0.05, 0) is 35.8 Å². The Labute approximate surface area is 135 Å². The van der Waals surface area contributed by atoms with Crippen LogP contribution in [-0.2, 0) is 9.59 Å². The van der Waals surface area contributed by atoms with Gasteiger partial charge in [0.25, 0.3) is 0 Å². The molecule has 0 saturated carbocycles. The fourth-order valence-corrected chi connectivity index (χ4v) is 3.08. The Morgan fingerprint density at radius 2 is 1.23 bits per heavy atom. The van der Waals surface area contributed by atoms with Gasteiger partial charge in [-0.25, -0.2) is 0 Å². The molecule has 0 amide bonds. The second-order valence-electron chi connectivity index (χ2n) is 8.09. The highest BCUT2D eigenvalue weighted by Crippen LogP contribution is 2.34. The van der Waals surface area contributed by atoms with E-state index in [0.717, 1.165) is 25.4 Å². The molecular formula is C20H30O2. The highest BCUT2D eigenvalue weighted by atomic mass is 16.1. The van der Waals surface area contributed by atoms with E-state index in [1.165, 1.54) is 11.1 Å². The Morgan fingerprint density at radius 3 is 1.55 bits per heavy atom. The van der Waals surface area contributed by atoms with E-state index in [1.807, 2.05) is 27.7 Å². The molecule has 1 aromatic rings. The zero-order valence-electron chi connectivity index (χ0n) is 14.8. The molecule has 0 radical (unpaired) electrons. The summed E-state index contributed by atoms with van der Waals surface area (Å²) >= 11 is 0. The van der Waals surface area contributed by atoms with Crippen LogP contribution in [0.25, 0.3) is 0 Å². The van der Waals surface area contributed by atoms with Crippen LogP contribution in [0.15, 0.2) is 24.3 Å². The number of carbonyl (C=O) groups excluding carboxylic acids is 2. The molecule has 0 aliphatic heterocycles. The van der Waals surface area contributed by atoms with Crippen molar-refractivity contribution in [2.24, 2.45) is 10.8 Å². The fraction of sp³-hybridized carbons (Fsp3) is 0.600. The van der Waals surface area contributed by atoms with Crippen molar-refractivity contribution >= 4 is 12.6 Å². The minimum atomic E-state index is -0.291. The third-order valence-corrected chi connectivity index (χ3v) is 4.35. The SMILES string of the molecule is CC(CC(C)(C)C=O)c1cccc(C(C)CC(C)(C)C=O)c1. The number of hydrogen-bond donors (Lipinski definition) is 0. The van der Waals surface area contributed by atoms with Crippen LogP contribution in [0.2, 0.25) is 0 Å². The van der Waals surface area contributed by atoms with Crippen molar-refractivity contribution in [1.82, 2.24) is 0 Å². The van der Waals surface area contributed by atoms with Crippen molar-refractivity contribution in [3.05, 3.63) is 35.4 Å². The van der Waals surface area contributed by atoms with E-state index in [4.69, 9.17) is 0 Å². The molecule has 0 fully saturated rings. The summed E-state index contributed by atoms with van der Waals surface area (Å²) in [6, 6.07) is 8.58. The Bertz CT molecular complexity index is 471. The summed E-state index contributed by atoms with van der Waals surface area (Å²) in [6.45, 7) is 12.3. The second-order valence-corrected chi connectivity index (χ2v) is 8.09. The van der Waals surface area contributed by atoms with Crippen molar-refractivity contribution in [1.29, 1.82) is 0 Å². The zero-order chi connectivity index (χ0) is 17.0. The van der Waals surface area contributed by atoms with Crippen LogP contribution in [0.1, 0.15) is 77.3 Å². The molecule has 0 bridgehead atoms. The monoisotopic (exact) mass is 302 g/mol. The summed E-state index contributed by atoms with van der Waals surface area (Å²) in [5.74, 6) is 0.679. The van der Waals surface area contributed by atoms with Crippen LogP contribution in [-0.4, -0.2) is 12.6 Å². The molecule has 0 aromatic heterocycles. The van der Waals surface area contributed by atoms with Crippen LogP contribution < -0.4 is 0 Å². The zero-order valence-corrected chi connectivity index (χ0v) is 14.8. The van der Waals surface area contributed by atoms with Crippen LogP contribution in [0.3, 0.4) is 0 Å². The Kier molecular flexibility index (Phi) is 6.10. The quantitative estimate of drug-likeness (QED) is 0.624. The smallest absolute Gasteiger partial charge is 0.125 e. The standard InChI is InChI=1S/C20H30O2/c1-15(11-19(3,4)13-21)17-8-7-9-18(10-17)16(2)12-20(5,6)14-22/h7-10,13-16H,11-12H2,1-6H3. The van der Waals surface area contributed by atoms with Crippen molar-refractivity contribution in [3.63, 3.8) is 0 Å². The van der Waals surface area contributed by atoms with Gasteiger partial charge in [0.15, 0.2) is 0 Å². The van der Waals surface area contributed by atoms with Gasteiger partial charge in [-0.15, -0.1) is 0 Å². The number of benzene rings is 1. The lowest BCUT2D eigenvalue weighted by Gasteiger charge is -2.25. The lowest BCUT2D eigenvalue weighted by Crippen LogP contribution is -2.17. The van der Waals surface area contributed by atoms with Crippen LogP contribution in [0, 0.1) is 10.8 Å². The van der Waals surface area contributed by atoms with E-state index >= 15 is 0 Å². The summed E-state index contributed by atoms with van der Waals surface area (Å²) in [7, 11) is 0. The van der Waals surface area contributed by atoms with Crippen LogP contribution in [0.5, 0.6) is 0 Å². The summed E-state index contributed by atoms with van der Waals surface area (Å²) in [4.78, 5) is 22.3. The summed E-state index contributed by atoms with van der Waals surface area (Å²) in [5, 5.41) is 0. The minimum absolute atomic E-state index is 0.291. The van der Waals surface area contributed by atoms with E-state index in [9.17, 15) is 9.59 Å². The van der Waals surface area contributed by atoms with Gasteiger partial charge in [0.1, 0.15) is 12.6 Å². The highest BCUT2D eigenvalue weighted by molar-refractivity contribution is 5.58. The number of rotatable bonds is 8. The first kappa shape index (κ1) is 18.6. The van der Waals surface area contributed by atoms with Crippen molar-refractivity contribution in [2.75, 3.05) is 0 Å². The molecule has 0 N–H and O–H groups in total. The third kappa shape index (κ3) is 5.40. The number of hydrogen-bond acceptors (Lipinski definition) is 2. The molecule has 0 saturated heterocycles. The van der Waals surface area contributed by atoms with Crippen molar-refractivity contribution < 1.29 is 9.59 Å². The van der Waals surface area contributed by atoms with Crippen LogP contribution >= 0.6 is 0 Å². The predicted molar refractivity (Wildman–Crippen MR) is 92.2 cm³/mol. The van der Waals surface area contributed by atoms with Gasteiger partial charge in [0, 0.05) is 10.8 Å². The topological polar surface area (TPSA) is 34.1 Å². The van der Waals surface area contributed by atoms with Gasteiger partial charge in [0.05, 0.1) is 0 Å². The summed E-state index contributed by atoms with van der Waals surface area (Å²) in [5.41, 5.74) is 1.95. The molecule has 1 aromatic carbocycles. The molecule has 1 rings (SSSR count). The first-order chi connectivity index (χ1) is 10.1. The molecular weight excluding hydrogens is 272 g/mol. The van der Waals surface area contributed by atoms with Gasteiger partial charge in [-0.1, -0.05) is 65.8 Å². The first-order valence-electron chi connectivity index (χ1n) is 8.13. The van der Waals surface area contributed by atoms with Gasteiger partial charge >= 0.3 is 0 Å². The predicted octanol–water partition coefficient (Wildman–Crippen LogP) is 5.12.